The molecule has 0 heterocycles. The topological polar surface area (TPSA) is 0 Å². The van der Waals surface area contributed by atoms with Crippen molar-refractivity contribution in [3.8, 4) is 0 Å². The van der Waals surface area contributed by atoms with E-state index in [4.69, 9.17) is 0 Å². The number of rotatable bonds is 2. The Morgan fingerprint density at radius 2 is 2.23 bits per heavy atom. The zero-order chi connectivity index (χ0) is 9.90. The summed E-state index contributed by atoms with van der Waals surface area (Å²) < 4.78 is 0. The van der Waals surface area contributed by atoms with E-state index < -0.39 is 0 Å². The summed E-state index contributed by atoms with van der Waals surface area (Å²) in [6.07, 6.45) is 9.54. The van der Waals surface area contributed by atoms with Crippen LogP contribution in [-0.2, 0) is 0 Å². The first-order valence-corrected chi connectivity index (χ1v) is 5.37. The molecule has 1 saturated carbocycles. The first kappa shape index (κ1) is 10.6. The van der Waals surface area contributed by atoms with Crippen molar-refractivity contribution in [1.29, 1.82) is 0 Å². The number of hydrogen-bond donors (Lipinski definition) is 0. The predicted octanol–water partition coefficient (Wildman–Crippen LogP) is 4.34. The maximum absolute atomic E-state index is 4.21. The van der Waals surface area contributed by atoms with Crippen molar-refractivity contribution in [2.75, 3.05) is 0 Å². The highest BCUT2D eigenvalue weighted by atomic mass is 14.4. The Kier molecular flexibility index (Phi) is 3.35. The molecule has 1 rings (SSSR count). The Bertz CT molecular complexity index is 208. The Balaban J connectivity index is 2.68. The summed E-state index contributed by atoms with van der Waals surface area (Å²) >= 11 is 0. The van der Waals surface area contributed by atoms with Gasteiger partial charge in [0.05, 0.1) is 0 Å². The summed E-state index contributed by atoms with van der Waals surface area (Å²) in [4.78, 5) is 0. The lowest BCUT2D eigenvalue weighted by atomic mass is 9.65. The van der Waals surface area contributed by atoms with E-state index in [0.717, 1.165) is 0 Å². The molecule has 74 valence electrons. The first-order valence-electron chi connectivity index (χ1n) is 5.37. The molecule has 1 aliphatic carbocycles. The highest BCUT2D eigenvalue weighted by Gasteiger charge is 2.33. The van der Waals surface area contributed by atoms with Crippen LogP contribution in [0.5, 0.6) is 0 Å². The molecule has 13 heavy (non-hydrogen) atoms. The largest absolute Gasteiger partial charge is 0.0995 e. The van der Waals surface area contributed by atoms with Gasteiger partial charge in [-0.25, -0.2) is 0 Å². The van der Waals surface area contributed by atoms with E-state index in [1.54, 1.807) is 0 Å². The maximum Gasteiger partial charge on any atom is -0.0120 e. The Morgan fingerprint density at radius 3 is 2.77 bits per heavy atom. The van der Waals surface area contributed by atoms with Crippen molar-refractivity contribution in [1.82, 2.24) is 0 Å². The van der Waals surface area contributed by atoms with Crippen molar-refractivity contribution >= 4 is 0 Å². The summed E-state index contributed by atoms with van der Waals surface area (Å²) in [5, 5.41) is 0. The molecule has 1 fully saturated rings. The second-order valence-electron chi connectivity index (χ2n) is 4.86. The summed E-state index contributed by atoms with van der Waals surface area (Å²) in [5.74, 6) is 0.706. The van der Waals surface area contributed by atoms with E-state index >= 15 is 0 Å². The van der Waals surface area contributed by atoms with Crippen LogP contribution >= 0.6 is 0 Å². The Labute approximate surface area is 82.7 Å². The van der Waals surface area contributed by atoms with Crippen molar-refractivity contribution < 1.29 is 0 Å². The van der Waals surface area contributed by atoms with E-state index in [1.807, 2.05) is 0 Å². The molecular weight excluding hydrogens is 156 g/mol. The molecule has 0 amide bonds. The van der Waals surface area contributed by atoms with Gasteiger partial charge in [0, 0.05) is 0 Å². The fourth-order valence-corrected chi connectivity index (χ4v) is 2.43. The lowest BCUT2D eigenvalue weighted by Gasteiger charge is -2.39. The van der Waals surface area contributed by atoms with E-state index in [-0.39, 0.29) is 0 Å². The molecule has 0 radical (unpaired) electrons. The van der Waals surface area contributed by atoms with Gasteiger partial charge in [-0.05, 0) is 43.9 Å². The molecule has 1 atom stereocenters. The first-order chi connectivity index (χ1) is 6.08. The van der Waals surface area contributed by atoms with Crippen LogP contribution in [0.25, 0.3) is 0 Å². The molecule has 0 saturated heterocycles. The summed E-state index contributed by atoms with van der Waals surface area (Å²) in [5.41, 5.74) is 1.93. The molecule has 0 bridgehead atoms. The van der Waals surface area contributed by atoms with Gasteiger partial charge in [-0.15, -0.1) is 0 Å². The normalized spacial score (nSPS) is 28.2. The van der Waals surface area contributed by atoms with E-state index in [9.17, 15) is 0 Å². The fourth-order valence-electron chi connectivity index (χ4n) is 2.43. The summed E-state index contributed by atoms with van der Waals surface area (Å²) in [6, 6.07) is 0. The van der Waals surface area contributed by atoms with Crippen LogP contribution in [0.15, 0.2) is 24.3 Å². The third-order valence-corrected chi connectivity index (χ3v) is 3.36. The second kappa shape index (κ2) is 4.13. The lowest BCUT2D eigenvalue weighted by Crippen LogP contribution is -2.28. The van der Waals surface area contributed by atoms with E-state index in [1.165, 1.54) is 31.3 Å². The zero-order valence-corrected chi connectivity index (χ0v) is 9.27. The van der Waals surface area contributed by atoms with Crippen molar-refractivity contribution in [3.05, 3.63) is 24.3 Å². The average molecular weight is 178 g/mol. The van der Waals surface area contributed by atoms with Gasteiger partial charge < -0.3 is 0 Å². The molecule has 0 aromatic heterocycles. The molecule has 0 aromatic rings. The minimum atomic E-state index is 0.467. The third kappa shape index (κ3) is 2.46. The smallest absolute Gasteiger partial charge is 0.0120 e. The molecule has 1 aliphatic rings. The van der Waals surface area contributed by atoms with E-state index in [2.05, 4.69) is 39.5 Å². The maximum atomic E-state index is 4.21. The summed E-state index contributed by atoms with van der Waals surface area (Å²) in [7, 11) is 0. The van der Waals surface area contributed by atoms with Gasteiger partial charge in [0.1, 0.15) is 0 Å². The van der Waals surface area contributed by atoms with Gasteiger partial charge >= 0.3 is 0 Å². The highest BCUT2D eigenvalue weighted by molar-refractivity contribution is 5.11. The minimum Gasteiger partial charge on any atom is -0.0995 e. The molecule has 0 N–H and O–H groups in total. The van der Waals surface area contributed by atoms with Crippen LogP contribution in [0.3, 0.4) is 0 Å². The monoisotopic (exact) mass is 178 g/mol. The molecule has 0 nitrogen and oxygen atoms in total. The summed E-state index contributed by atoms with van der Waals surface area (Å²) in [6.45, 7) is 11.1. The standard InChI is InChI=1S/C13H22/c1-5-6-9-12-11(2)8-7-10-13(12,3)4/h5-6,12H,2,7-10H2,1,3-4H3. The van der Waals surface area contributed by atoms with Crippen LogP contribution < -0.4 is 0 Å². The Hall–Kier alpha value is -0.520. The van der Waals surface area contributed by atoms with Gasteiger partial charge in [-0.3, -0.25) is 0 Å². The molecule has 0 aromatic carbocycles. The van der Waals surface area contributed by atoms with Crippen LogP contribution in [-0.4, -0.2) is 0 Å². The van der Waals surface area contributed by atoms with E-state index in [0.29, 0.717) is 11.3 Å². The molecule has 0 aliphatic heterocycles. The van der Waals surface area contributed by atoms with Gasteiger partial charge in [-0.2, -0.15) is 0 Å². The van der Waals surface area contributed by atoms with Gasteiger partial charge in [0.25, 0.3) is 0 Å². The average Bonchev–Trinajstić information content (AvgIpc) is 2.02. The highest BCUT2D eigenvalue weighted by Crippen LogP contribution is 2.44. The molecule has 1 unspecified atom stereocenters. The van der Waals surface area contributed by atoms with Crippen molar-refractivity contribution in [2.45, 2.75) is 46.5 Å². The van der Waals surface area contributed by atoms with Crippen LogP contribution in [0.4, 0.5) is 0 Å². The second-order valence-corrected chi connectivity index (χ2v) is 4.86. The lowest BCUT2D eigenvalue weighted by molar-refractivity contribution is 0.191. The van der Waals surface area contributed by atoms with Gasteiger partial charge in [-0.1, -0.05) is 38.2 Å². The minimum absolute atomic E-state index is 0.467. The van der Waals surface area contributed by atoms with Crippen LogP contribution in [0, 0.1) is 11.3 Å². The molecular formula is C13H22. The van der Waals surface area contributed by atoms with Crippen molar-refractivity contribution in [2.24, 2.45) is 11.3 Å². The SMILES string of the molecule is C=C1CCCC(C)(C)C1CC=CC. The van der Waals surface area contributed by atoms with Crippen molar-refractivity contribution in [3.63, 3.8) is 0 Å². The van der Waals surface area contributed by atoms with Crippen LogP contribution in [0.1, 0.15) is 46.5 Å². The van der Waals surface area contributed by atoms with Gasteiger partial charge in [0.15, 0.2) is 0 Å². The van der Waals surface area contributed by atoms with Crippen LogP contribution in [0.2, 0.25) is 0 Å². The Morgan fingerprint density at radius 1 is 1.54 bits per heavy atom. The fraction of sp³-hybridized carbons (Fsp3) is 0.692. The van der Waals surface area contributed by atoms with Gasteiger partial charge in [0.2, 0.25) is 0 Å². The predicted molar refractivity (Wildman–Crippen MR) is 59.7 cm³/mol. The molecule has 0 spiro atoms. The quantitative estimate of drug-likeness (QED) is 0.552. The third-order valence-electron chi connectivity index (χ3n) is 3.36. The number of hydrogen-bond acceptors (Lipinski definition) is 0. The number of allylic oxidation sites excluding steroid dienone is 3. The molecule has 0 heteroatoms. The zero-order valence-electron chi connectivity index (χ0n) is 9.27.